The average Bonchev–Trinajstić information content (AvgIpc) is 2.36. The fourth-order valence-electron chi connectivity index (χ4n) is 1.87. The van der Waals surface area contributed by atoms with Crippen LogP contribution in [0.1, 0.15) is 28.4 Å². The first-order chi connectivity index (χ1) is 8.97. The van der Waals surface area contributed by atoms with E-state index in [1.165, 1.54) is 18.1 Å². The number of aryl methyl sites for hydroxylation is 2. The Kier molecular flexibility index (Phi) is 3.56. The van der Waals surface area contributed by atoms with Gasteiger partial charge in [0, 0.05) is 11.3 Å². The number of rotatable bonds is 3. The molecule has 0 spiro atoms. The molecule has 98 valence electrons. The van der Waals surface area contributed by atoms with Crippen molar-refractivity contribution < 1.29 is 4.79 Å². The first kappa shape index (κ1) is 13.1. The Labute approximate surface area is 113 Å². The van der Waals surface area contributed by atoms with E-state index in [2.05, 4.69) is 31.3 Å². The predicted octanol–water partition coefficient (Wildman–Crippen LogP) is 3.83. The third-order valence-corrected chi connectivity index (χ3v) is 3.24. The Hall–Kier alpha value is -2.29. The Bertz CT molecular complexity index is 633. The van der Waals surface area contributed by atoms with Crippen LogP contribution in [0, 0.1) is 13.8 Å². The number of carbonyl (C=O) groups excluding carboxylic acids is 1. The van der Waals surface area contributed by atoms with Gasteiger partial charge >= 0.3 is 0 Å². The highest BCUT2D eigenvalue weighted by atomic mass is 16.1. The van der Waals surface area contributed by atoms with Crippen molar-refractivity contribution in [2.24, 2.45) is 0 Å². The van der Waals surface area contributed by atoms with Gasteiger partial charge in [0.1, 0.15) is 0 Å². The molecule has 0 saturated carbocycles. The van der Waals surface area contributed by atoms with Gasteiger partial charge in [-0.2, -0.15) is 0 Å². The Morgan fingerprint density at radius 1 is 1.05 bits per heavy atom. The van der Waals surface area contributed by atoms with Crippen LogP contribution in [-0.2, 0) is 0 Å². The number of hydrogen-bond acceptors (Lipinski definition) is 3. The molecule has 3 heteroatoms. The number of ketones is 1. The average molecular weight is 254 g/mol. The van der Waals surface area contributed by atoms with Gasteiger partial charge in [-0.1, -0.05) is 6.07 Å². The molecule has 0 amide bonds. The Morgan fingerprint density at radius 3 is 2.37 bits per heavy atom. The van der Waals surface area contributed by atoms with Crippen LogP contribution in [0.5, 0.6) is 0 Å². The standard InChI is InChI=1S/C16H18N2O/c1-10-4-6-14(8-11(10)2)18-16-7-5-13(12(3)19)9-15(16)17/h4-9,18H,17H2,1-3H3. The maximum absolute atomic E-state index is 11.3. The summed E-state index contributed by atoms with van der Waals surface area (Å²) in [5.74, 6) is 0.0180. The van der Waals surface area contributed by atoms with Crippen LogP contribution in [0.4, 0.5) is 17.1 Å². The summed E-state index contributed by atoms with van der Waals surface area (Å²) < 4.78 is 0. The van der Waals surface area contributed by atoms with Crippen LogP contribution in [0.15, 0.2) is 36.4 Å². The van der Waals surface area contributed by atoms with Crippen molar-refractivity contribution in [3.8, 4) is 0 Å². The molecule has 0 aliphatic rings. The number of nitrogen functional groups attached to an aromatic ring is 1. The smallest absolute Gasteiger partial charge is 0.159 e. The molecule has 2 aromatic rings. The molecular weight excluding hydrogens is 236 g/mol. The molecule has 0 heterocycles. The second kappa shape index (κ2) is 5.14. The molecule has 0 fully saturated rings. The van der Waals surface area contributed by atoms with Crippen molar-refractivity contribution in [1.29, 1.82) is 0 Å². The third-order valence-electron chi connectivity index (χ3n) is 3.24. The maximum atomic E-state index is 11.3. The van der Waals surface area contributed by atoms with Gasteiger partial charge in [-0.05, 0) is 62.2 Å². The lowest BCUT2D eigenvalue weighted by atomic mass is 10.1. The van der Waals surface area contributed by atoms with Gasteiger partial charge in [-0.15, -0.1) is 0 Å². The SMILES string of the molecule is CC(=O)c1ccc(Nc2ccc(C)c(C)c2)c(N)c1. The van der Waals surface area contributed by atoms with Gasteiger partial charge in [0.2, 0.25) is 0 Å². The molecule has 19 heavy (non-hydrogen) atoms. The van der Waals surface area contributed by atoms with E-state index in [0.29, 0.717) is 11.3 Å². The van der Waals surface area contributed by atoms with Crippen molar-refractivity contribution in [3.63, 3.8) is 0 Å². The van der Waals surface area contributed by atoms with Crippen LogP contribution in [0.25, 0.3) is 0 Å². The molecule has 3 nitrogen and oxygen atoms in total. The molecule has 0 bridgehead atoms. The molecule has 0 unspecified atom stereocenters. The minimum absolute atomic E-state index is 0.0180. The van der Waals surface area contributed by atoms with Gasteiger partial charge < -0.3 is 11.1 Å². The number of nitrogens with two attached hydrogens (primary N) is 1. The fraction of sp³-hybridized carbons (Fsp3) is 0.188. The van der Waals surface area contributed by atoms with E-state index >= 15 is 0 Å². The summed E-state index contributed by atoms with van der Waals surface area (Å²) in [6.07, 6.45) is 0. The molecule has 2 rings (SSSR count). The molecule has 0 radical (unpaired) electrons. The number of Topliss-reactive ketones (excluding diaryl/α,β-unsaturated/α-hetero) is 1. The predicted molar refractivity (Wildman–Crippen MR) is 80.1 cm³/mol. The van der Waals surface area contributed by atoms with Crippen molar-refractivity contribution in [1.82, 2.24) is 0 Å². The minimum atomic E-state index is 0.0180. The van der Waals surface area contributed by atoms with Crippen LogP contribution < -0.4 is 11.1 Å². The normalized spacial score (nSPS) is 10.3. The van der Waals surface area contributed by atoms with Gasteiger partial charge in [0.05, 0.1) is 11.4 Å². The number of nitrogens with one attached hydrogen (secondary N) is 1. The fourth-order valence-corrected chi connectivity index (χ4v) is 1.87. The lowest BCUT2D eigenvalue weighted by Gasteiger charge is -2.11. The zero-order valence-electron chi connectivity index (χ0n) is 11.4. The lowest BCUT2D eigenvalue weighted by molar-refractivity contribution is 0.101. The largest absolute Gasteiger partial charge is 0.397 e. The number of benzene rings is 2. The number of hydrogen-bond donors (Lipinski definition) is 2. The van der Waals surface area contributed by atoms with E-state index < -0.39 is 0 Å². The molecule has 0 aliphatic heterocycles. The highest BCUT2D eigenvalue weighted by molar-refractivity contribution is 5.96. The van der Waals surface area contributed by atoms with Crippen molar-refractivity contribution in [2.75, 3.05) is 11.1 Å². The maximum Gasteiger partial charge on any atom is 0.159 e. The van der Waals surface area contributed by atoms with Crippen molar-refractivity contribution in [2.45, 2.75) is 20.8 Å². The number of carbonyl (C=O) groups is 1. The lowest BCUT2D eigenvalue weighted by Crippen LogP contribution is -2.00. The summed E-state index contributed by atoms with van der Waals surface area (Å²) in [5.41, 5.74) is 11.4. The quantitative estimate of drug-likeness (QED) is 0.646. The molecule has 2 aromatic carbocycles. The second-order valence-corrected chi connectivity index (χ2v) is 4.78. The summed E-state index contributed by atoms with van der Waals surface area (Å²) >= 11 is 0. The van der Waals surface area contributed by atoms with E-state index in [1.54, 1.807) is 12.1 Å². The zero-order chi connectivity index (χ0) is 14.0. The van der Waals surface area contributed by atoms with Crippen LogP contribution >= 0.6 is 0 Å². The zero-order valence-corrected chi connectivity index (χ0v) is 11.4. The first-order valence-electron chi connectivity index (χ1n) is 6.22. The molecule has 0 aromatic heterocycles. The van der Waals surface area contributed by atoms with Crippen LogP contribution in [0.2, 0.25) is 0 Å². The van der Waals surface area contributed by atoms with E-state index in [-0.39, 0.29) is 5.78 Å². The van der Waals surface area contributed by atoms with Crippen molar-refractivity contribution in [3.05, 3.63) is 53.1 Å². The van der Waals surface area contributed by atoms with E-state index in [0.717, 1.165) is 11.4 Å². The molecule has 3 N–H and O–H groups in total. The van der Waals surface area contributed by atoms with E-state index in [1.807, 2.05) is 12.1 Å². The van der Waals surface area contributed by atoms with Crippen molar-refractivity contribution >= 4 is 22.8 Å². The minimum Gasteiger partial charge on any atom is -0.397 e. The molecule has 0 atom stereocenters. The van der Waals surface area contributed by atoms with Gasteiger partial charge in [-0.3, -0.25) is 4.79 Å². The summed E-state index contributed by atoms with van der Waals surface area (Å²) in [6, 6.07) is 11.5. The summed E-state index contributed by atoms with van der Waals surface area (Å²) in [6.45, 7) is 5.68. The van der Waals surface area contributed by atoms with Crippen LogP contribution in [0.3, 0.4) is 0 Å². The summed E-state index contributed by atoms with van der Waals surface area (Å²) in [5, 5.41) is 3.27. The number of anilines is 3. The topological polar surface area (TPSA) is 55.1 Å². The Balaban J connectivity index is 2.28. The summed E-state index contributed by atoms with van der Waals surface area (Å²) in [4.78, 5) is 11.3. The monoisotopic (exact) mass is 254 g/mol. The summed E-state index contributed by atoms with van der Waals surface area (Å²) in [7, 11) is 0. The van der Waals surface area contributed by atoms with Gasteiger partial charge in [0.15, 0.2) is 5.78 Å². The molecule has 0 saturated heterocycles. The Morgan fingerprint density at radius 2 is 1.79 bits per heavy atom. The molecular formula is C16H18N2O. The highest BCUT2D eigenvalue weighted by Gasteiger charge is 2.05. The van der Waals surface area contributed by atoms with Crippen LogP contribution in [-0.4, -0.2) is 5.78 Å². The third kappa shape index (κ3) is 2.94. The molecule has 0 aliphatic carbocycles. The van der Waals surface area contributed by atoms with E-state index in [4.69, 9.17) is 5.73 Å². The first-order valence-corrected chi connectivity index (χ1v) is 6.22. The highest BCUT2D eigenvalue weighted by Crippen LogP contribution is 2.25. The van der Waals surface area contributed by atoms with Gasteiger partial charge in [-0.25, -0.2) is 0 Å². The van der Waals surface area contributed by atoms with E-state index in [9.17, 15) is 4.79 Å². The van der Waals surface area contributed by atoms with Gasteiger partial charge in [0.25, 0.3) is 0 Å². The second-order valence-electron chi connectivity index (χ2n) is 4.78.